The van der Waals surface area contributed by atoms with E-state index < -0.39 is 0 Å². The van der Waals surface area contributed by atoms with E-state index in [1.54, 1.807) is 14.1 Å². The maximum Gasteiger partial charge on any atom is 0.322 e. The van der Waals surface area contributed by atoms with Crippen LogP contribution in [0, 0.1) is 6.92 Å². The van der Waals surface area contributed by atoms with Crippen molar-refractivity contribution in [3.8, 4) is 0 Å². The van der Waals surface area contributed by atoms with E-state index in [0.29, 0.717) is 12.4 Å². The summed E-state index contributed by atoms with van der Waals surface area (Å²) in [6.45, 7) is 2.51. The second kappa shape index (κ2) is 7.39. The van der Waals surface area contributed by atoms with Crippen molar-refractivity contribution in [1.82, 2.24) is 25.2 Å². The highest BCUT2D eigenvalue weighted by Crippen LogP contribution is 2.03. The minimum absolute atomic E-state index is 0.0384. The van der Waals surface area contributed by atoms with Crippen molar-refractivity contribution in [3.05, 3.63) is 41.6 Å². The minimum Gasteiger partial charge on any atom is -0.350 e. The molecule has 8 nitrogen and oxygen atoms in total. The lowest BCUT2D eigenvalue weighted by Gasteiger charge is -2.09. The van der Waals surface area contributed by atoms with Gasteiger partial charge in [-0.25, -0.2) is 9.48 Å². The molecule has 23 heavy (non-hydrogen) atoms. The molecule has 0 saturated heterocycles. The number of hydrogen-bond acceptors (Lipinski definition) is 4. The number of benzene rings is 1. The molecule has 0 aliphatic rings. The Morgan fingerprint density at radius 2 is 1.91 bits per heavy atom. The van der Waals surface area contributed by atoms with E-state index in [-0.39, 0.29) is 18.5 Å². The summed E-state index contributed by atoms with van der Waals surface area (Å²) in [5, 5.41) is 13.0. The Balaban J connectivity index is 1.82. The summed E-state index contributed by atoms with van der Waals surface area (Å²) in [7, 11) is 3.25. The molecule has 0 aliphatic carbocycles. The van der Waals surface area contributed by atoms with Crippen molar-refractivity contribution >= 4 is 17.8 Å². The Hall–Kier alpha value is -2.90. The highest BCUT2D eigenvalue weighted by molar-refractivity contribution is 5.87. The number of carbonyl (C=O) groups excluding carboxylic acids is 2. The Morgan fingerprint density at radius 1 is 1.22 bits per heavy atom. The van der Waals surface area contributed by atoms with E-state index in [9.17, 15) is 9.59 Å². The molecule has 2 aromatic rings. The molecule has 0 bridgehead atoms. The second-order valence-electron chi connectivity index (χ2n) is 5.39. The summed E-state index contributed by atoms with van der Waals surface area (Å²) in [6.07, 6.45) is 1.51. The third-order valence-electron chi connectivity index (χ3n) is 3.10. The average Bonchev–Trinajstić information content (AvgIpc) is 2.93. The fourth-order valence-corrected chi connectivity index (χ4v) is 1.76. The van der Waals surface area contributed by atoms with E-state index in [1.165, 1.54) is 21.3 Å². The van der Waals surface area contributed by atoms with Crippen LogP contribution in [0.2, 0.25) is 0 Å². The molecule has 1 aromatic carbocycles. The summed E-state index contributed by atoms with van der Waals surface area (Å²) in [4.78, 5) is 24.8. The fraction of sp³-hybridized carbons (Fsp3) is 0.333. The first-order valence-corrected chi connectivity index (χ1v) is 7.15. The van der Waals surface area contributed by atoms with Gasteiger partial charge in [0.05, 0.1) is 6.20 Å². The van der Waals surface area contributed by atoms with Crippen LogP contribution in [-0.2, 0) is 17.9 Å². The first-order chi connectivity index (χ1) is 10.9. The van der Waals surface area contributed by atoms with Gasteiger partial charge in [0, 0.05) is 20.6 Å². The van der Waals surface area contributed by atoms with Gasteiger partial charge in [0.25, 0.3) is 0 Å². The summed E-state index contributed by atoms with van der Waals surface area (Å²) >= 11 is 0. The smallest absolute Gasteiger partial charge is 0.322 e. The van der Waals surface area contributed by atoms with Crippen molar-refractivity contribution in [2.75, 3.05) is 19.4 Å². The zero-order chi connectivity index (χ0) is 16.8. The Morgan fingerprint density at radius 3 is 2.57 bits per heavy atom. The number of carbonyl (C=O) groups is 2. The van der Waals surface area contributed by atoms with Crippen LogP contribution >= 0.6 is 0 Å². The third kappa shape index (κ3) is 5.10. The van der Waals surface area contributed by atoms with Crippen LogP contribution < -0.4 is 10.6 Å². The number of urea groups is 1. The van der Waals surface area contributed by atoms with Crippen molar-refractivity contribution in [3.63, 3.8) is 0 Å². The minimum atomic E-state index is -0.305. The standard InChI is InChI=1S/C15H20N6O2/c1-11-4-6-12(7-5-11)8-16-14(22)10-21-9-13(18-19-21)17-15(23)20(2)3/h4-7,9H,8,10H2,1-3H3,(H,16,22)(H,17,23). The van der Waals surface area contributed by atoms with Crippen LogP contribution in [0.1, 0.15) is 11.1 Å². The first-order valence-electron chi connectivity index (χ1n) is 7.15. The fourth-order valence-electron chi connectivity index (χ4n) is 1.76. The third-order valence-corrected chi connectivity index (χ3v) is 3.10. The molecule has 0 spiro atoms. The summed E-state index contributed by atoms with van der Waals surface area (Å²) in [6, 6.07) is 7.64. The zero-order valence-electron chi connectivity index (χ0n) is 13.4. The summed E-state index contributed by atoms with van der Waals surface area (Å²) in [5.41, 5.74) is 2.21. The summed E-state index contributed by atoms with van der Waals surface area (Å²) in [5.74, 6) is 0.121. The van der Waals surface area contributed by atoms with Gasteiger partial charge < -0.3 is 10.2 Å². The number of hydrogen-bond donors (Lipinski definition) is 2. The van der Waals surface area contributed by atoms with Gasteiger partial charge >= 0.3 is 6.03 Å². The average molecular weight is 316 g/mol. The highest BCUT2D eigenvalue weighted by atomic mass is 16.2. The molecule has 1 heterocycles. The van der Waals surface area contributed by atoms with E-state index in [0.717, 1.165) is 5.56 Å². The molecule has 3 amide bonds. The first kappa shape index (κ1) is 16.5. The van der Waals surface area contributed by atoms with Crippen LogP contribution in [0.25, 0.3) is 0 Å². The van der Waals surface area contributed by atoms with Gasteiger partial charge in [0.2, 0.25) is 5.91 Å². The lowest BCUT2D eigenvalue weighted by molar-refractivity contribution is -0.122. The molecule has 0 atom stereocenters. The normalized spacial score (nSPS) is 10.2. The SMILES string of the molecule is Cc1ccc(CNC(=O)Cn2cc(NC(=O)N(C)C)nn2)cc1. The molecule has 2 N–H and O–H groups in total. The van der Waals surface area contributed by atoms with Crippen LogP contribution in [0.4, 0.5) is 10.6 Å². The number of aryl methyl sites for hydroxylation is 1. The van der Waals surface area contributed by atoms with Crippen LogP contribution in [-0.4, -0.2) is 45.9 Å². The topological polar surface area (TPSA) is 92.2 Å². The second-order valence-corrected chi connectivity index (χ2v) is 5.39. The molecule has 0 aliphatic heterocycles. The van der Waals surface area contributed by atoms with Gasteiger partial charge in [-0.15, -0.1) is 5.10 Å². The Labute approximate surface area is 134 Å². The largest absolute Gasteiger partial charge is 0.350 e. The van der Waals surface area contributed by atoms with Crippen molar-refractivity contribution < 1.29 is 9.59 Å². The maximum absolute atomic E-state index is 11.9. The lowest BCUT2D eigenvalue weighted by Crippen LogP contribution is -2.27. The van der Waals surface area contributed by atoms with Crippen molar-refractivity contribution in [2.24, 2.45) is 0 Å². The number of nitrogens with zero attached hydrogens (tertiary/aromatic N) is 4. The number of aromatic nitrogens is 3. The van der Waals surface area contributed by atoms with Gasteiger partial charge in [0.1, 0.15) is 6.54 Å². The van der Waals surface area contributed by atoms with E-state index in [4.69, 9.17) is 0 Å². The monoisotopic (exact) mass is 316 g/mol. The van der Waals surface area contributed by atoms with Crippen LogP contribution in [0.3, 0.4) is 0 Å². The maximum atomic E-state index is 11.9. The zero-order valence-corrected chi connectivity index (χ0v) is 13.4. The van der Waals surface area contributed by atoms with E-state index in [1.807, 2.05) is 31.2 Å². The highest BCUT2D eigenvalue weighted by Gasteiger charge is 2.09. The molecule has 0 radical (unpaired) electrons. The number of rotatable bonds is 5. The molecular formula is C15H20N6O2. The van der Waals surface area contributed by atoms with Crippen LogP contribution in [0.5, 0.6) is 0 Å². The molecule has 0 unspecified atom stereocenters. The number of nitrogens with one attached hydrogen (secondary N) is 2. The molecule has 122 valence electrons. The Kier molecular flexibility index (Phi) is 5.29. The lowest BCUT2D eigenvalue weighted by atomic mass is 10.1. The summed E-state index contributed by atoms with van der Waals surface area (Å²) < 4.78 is 1.37. The molecule has 1 aromatic heterocycles. The van der Waals surface area contributed by atoms with Gasteiger partial charge in [-0.2, -0.15) is 0 Å². The molecular weight excluding hydrogens is 296 g/mol. The van der Waals surface area contributed by atoms with Gasteiger partial charge in [-0.05, 0) is 12.5 Å². The number of anilines is 1. The van der Waals surface area contributed by atoms with E-state index >= 15 is 0 Å². The van der Waals surface area contributed by atoms with Gasteiger partial charge in [-0.3, -0.25) is 10.1 Å². The molecule has 0 saturated carbocycles. The van der Waals surface area contributed by atoms with E-state index in [2.05, 4.69) is 20.9 Å². The van der Waals surface area contributed by atoms with Crippen LogP contribution in [0.15, 0.2) is 30.5 Å². The van der Waals surface area contributed by atoms with Crippen molar-refractivity contribution in [1.29, 1.82) is 0 Å². The predicted octanol–water partition coefficient (Wildman–Crippen LogP) is 0.996. The molecule has 2 rings (SSSR count). The van der Waals surface area contributed by atoms with Gasteiger partial charge in [0.15, 0.2) is 5.82 Å². The molecule has 0 fully saturated rings. The predicted molar refractivity (Wildman–Crippen MR) is 85.8 cm³/mol. The quantitative estimate of drug-likeness (QED) is 0.860. The Bertz CT molecular complexity index is 678. The van der Waals surface area contributed by atoms with Gasteiger partial charge in [-0.1, -0.05) is 35.0 Å². The molecule has 8 heteroatoms. The number of amides is 3. The van der Waals surface area contributed by atoms with Crippen molar-refractivity contribution in [2.45, 2.75) is 20.0 Å².